The maximum Gasteiger partial charge on any atom is 0.189 e. The number of aryl methyl sites for hydroxylation is 3. The molecule has 0 spiro atoms. The van der Waals surface area contributed by atoms with Gasteiger partial charge in [-0.05, 0) is 33.1 Å². The molecule has 0 saturated carbocycles. The molecule has 0 aliphatic rings. The zero-order valence-electron chi connectivity index (χ0n) is 9.85. The summed E-state index contributed by atoms with van der Waals surface area (Å²) in [5.41, 5.74) is 3.05. The van der Waals surface area contributed by atoms with Gasteiger partial charge in [0.05, 0.1) is 5.69 Å². The summed E-state index contributed by atoms with van der Waals surface area (Å²) in [7, 11) is 0. The Morgan fingerprint density at radius 3 is 2.38 bits per heavy atom. The molecule has 2 heterocycles. The molecule has 2 rings (SSSR count). The fourth-order valence-corrected chi connectivity index (χ4v) is 2.01. The van der Waals surface area contributed by atoms with E-state index in [-0.39, 0.29) is 0 Å². The largest absolute Gasteiger partial charge is 0.228 e. The normalized spacial score (nSPS) is 10.8. The molecule has 4 nitrogen and oxygen atoms in total. The lowest BCUT2D eigenvalue weighted by atomic mass is 10.4. The van der Waals surface area contributed by atoms with Crippen LogP contribution >= 0.6 is 11.8 Å². The lowest BCUT2D eigenvalue weighted by Gasteiger charge is -2.05. The highest BCUT2D eigenvalue weighted by atomic mass is 32.2. The summed E-state index contributed by atoms with van der Waals surface area (Å²) in [5.74, 6) is 0.836. The van der Waals surface area contributed by atoms with Crippen LogP contribution in [0.1, 0.15) is 17.1 Å². The fraction of sp³-hybridized carbons (Fsp3) is 0.364. The van der Waals surface area contributed by atoms with Crippen LogP contribution in [0.4, 0.5) is 0 Å². The van der Waals surface area contributed by atoms with Crippen molar-refractivity contribution in [1.29, 1.82) is 0 Å². The van der Waals surface area contributed by atoms with Crippen LogP contribution in [0.15, 0.2) is 17.3 Å². The van der Waals surface area contributed by atoms with E-state index in [1.54, 1.807) is 11.8 Å². The molecule has 2 aromatic heterocycles. The Balaban J connectivity index is 2.55. The van der Waals surface area contributed by atoms with Gasteiger partial charge < -0.3 is 0 Å². The van der Waals surface area contributed by atoms with E-state index in [9.17, 15) is 0 Å². The van der Waals surface area contributed by atoms with Crippen LogP contribution in [0.25, 0.3) is 5.82 Å². The van der Waals surface area contributed by atoms with Crippen molar-refractivity contribution in [2.45, 2.75) is 25.9 Å². The van der Waals surface area contributed by atoms with Gasteiger partial charge in [0.1, 0.15) is 0 Å². The van der Waals surface area contributed by atoms with E-state index in [1.807, 2.05) is 43.8 Å². The van der Waals surface area contributed by atoms with Gasteiger partial charge in [-0.3, -0.25) is 0 Å². The molecule has 0 N–H and O–H groups in total. The summed E-state index contributed by atoms with van der Waals surface area (Å²) in [6, 6.07) is 3.98. The summed E-state index contributed by atoms with van der Waals surface area (Å²) in [5, 5.41) is 5.19. The summed E-state index contributed by atoms with van der Waals surface area (Å²) < 4.78 is 1.85. The standard InChI is InChI=1S/C11H14N4S/c1-7-6-10(13-11(12-7)16-4)15-9(3)5-8(2)14-15/h5-6H,1-4H3. The van der Waals surface area contributed by atoms with Gasteiger partial charge in [-0.25, -0.2) is 14.6 Å². The van der Waals surface area contributed by atoms with Crippen LogP contribution < -0.4 is 0 Å². The molecular weight excluding hydrogens is 220 g/mol. The third-order valence-electron chi connectivity index (χ3n) is 2.23. The molecule has 0 aromatic carbocycles. The van der Waals surface area contributed by atoms with Gasteiger partial charge in [0.15, 0.2) is 11.0 Å². The minimum atomic E-state index is 0.780. The summed E-state index contributed by atoms with van der Waals surface area (Å²) in [6.45, 7) is 5.97. The fourth-order valence-electron chi connectivity index (χ4n) is 1.59. The predicted molar refractivity (Wildman–Crippen MR) is 65.1 cm³/mol. The number of hydrogen-bond donors (Lipinski definition) is 0. The van der Waals surface area contributed by atoms with E-state index < -0.39 is 0 Å². The summed E-state index contributed by atoms with van der Waals surface area (Å²) in [4.78, 5) is 8.77. The first-order valence-corrected chi connectivity index (χ1v) is 6.26. The number of nitrogens with zero attached hydrogens (tertiary/aromatic N) is 4. The van der Waals surface area contributed by atoms with Gasteiger partial charge in [-0.1, -0.05) is 11.8 Å². The van der Waals surface area contributed by atoms with Gasteiger partial charge in [0.2, 0.25) is 0 Å². The Morgan fingerprint density at radius 1 is 1.06 bits per heavy atom. The van der Waals surface area contributed by atoms with E-state index in [1.165, 1.54) is 0 Å². The Hall–Kier alpha value is -1.36. The van der Waals surface area contributed by atoms with Crippen LogP contribution in [0.5, 0.6) is 0 Å². The second-order valence-corrected chi connectivity index (χ2v) is 4.47. The summed E-state index contributed by atoms with van der Waals surface area (Å²) >= 11 is 1.54. The third-order valence-corrected chi connectivity index (χ3v) is 2.78. The molecule has 0 fully saturated rings. The predicted octanol–water partition coefficient (Wildman–Crippen LogP) is 2.31. The molecule has 0 aliphatic carbocycles. The van der Waals surface area contributed by atoms with E-state index >= 15 is 0 Å². The van der Waals surface area contributed by atoms with E-state index in [4.69, 9.17) is 0 Å². The molecule has 84 valence electrons. The average molecular weight is 234 g/mol. The lowest BCUT2D eigenvalue weighted by molar-refractivity contribution is 0.771. The molecule has 0 atom stereocenters. The van der Waals surface area contributed by atoms with Crippen molar-refractivity contribution >= 4 is 11.8 Å². The SMILES string of the molecule is CSc1nc(C)cc(-n2nc(C)cc2C)n1. The van der Waals surface area contributed by atoms with Crippen molar-refractivity contribution in [3.8, 4) is 5.82 Å². The number of aromatic nitrogens is 4. The van der Waals surface area contributed by atoms with Crippen LogP contribution in [-0.4, -0.2) is 26.0 Å². The van der Waals surface area contributed by atoms with Crippen molar-refractivity contribution in [3.63, 3.8) is 0 Å². The van der Waals surface area contributed by atoms with E-state index in [0.717, 1.165) is 28.1 Å². The van der Waals surface area contributed by atoms with Crippen molar-refractivity contribution in [1.82, 2.24) is 19.7 Å². The second kappa shape index (κ2) is 4.25. The monoisotopic (exact) mass is 234 g/mol. The number of hydrogen-bond acceptors (Lipinski definition) is 4. The second-order valence-electron chi connectivity index (χ2n) is 3.69. The van der Waals surface area contributed by atoms with E-state index in [0.29, 0.717) is 0 Å². The molecule has 0 radical (unpaired) electrons. The highest BCUT2D eigenvalue weighted by Crippen LogP contribution is 2.15. The smallest absolute Gasteiger partial charge is 0.189 e. The van der Waals surface area contributed by atoms with Crippen LogP contribution in [0.2, 0.25) is 0 Å². The zero-order chi connectivity index (χ0) is 11.7. The lowest BCUT2D eigenvalue weighted by Crippen LogP contribution is -2.04. The summed E-state index contributed by atoms with van der Waals surface area (Å²) in [6.07, 6.45) is 1.97. The van der Waals surface area contributed by atoms with Crippen LogP contribution in [0, 0.1) is 20.8 Å². The van der Waals surface area contributed by atoms with Crippen molar-refractivity contribution in [2.24, 2.45) is 0 Å². The maximum absolute atomic E-state index is 4.45. The number of thioether (sulfide) groups is 1. The van der Waals surface area contributed by atoms with Crippen LogP contribution in [-0.2, 0) is 0 Å². The molecule has 16 heavy (non-hydrogen) atoms. The van der Waals surface area contributed by atoms with Crippen LogP contribution in [0.3, 0.4) is 0 Å². The topological polar surface area (TPSA) is 43.6 Å². The molecule has 0 bridgehead atoms. The molecule has 0 aliphatic heterocycles. The molecular formula is C11H14N4S. The Kier molecular flexibility index (Phi) is 2.96. The van der Waals surface area contributed by atoms with E-state index in [2.05, 4.69) is 15.1 Å². The van der Waals surface area contributed by atoms with Gasteiger partial charge >= 0.3 is 0 Å². The van der Waals surface area contributed by atoms with Crippen molar-refractivity contribution < 1.29 is 0 Å². The zero-order valence-corrected chi connectivity index (χ0v) is 10.7. The highest BCUT2D eigenvalue weighted by molar-refractivity contribution is 7.98. The maximum atomic E-state index is 4.45. The first-order valence-electron chi connectivity index (χ1n) is 5.03. The average Bonchev–Trinajstić information content (AvgIpc) is 2.57. The van der Waals surface area contributed by atoms with Gasteiger partial charge in [0.25, 0.3) is 0 Å². The molecule has 0 amide bonds. The quantitative estimate of drug-likeness (QED) is 0.591. The molecule has 5 heteroatoms. The molecule has 0 unspecified atom stereocenters. The Labute approximate surface area is 99.1 Å². The van der Waals surface area contributed by atoms with Gasteiger partial charge in [-0.15, -0.1) is 0 Å². The highest BCUT2D eigenvalue weighted by Gasteiger charge is 2.07. The van der Waals surface area contributed by atoms with Gasteiger partial charge in [-0.2, -0.15) is 5.10 Å². The number of rotatable bonds is 2. The van der Waals surface area contributed by atoms with Crippen molar-refractivity contribution in [3.05, 3.63) is 29.2 Å². The van der Waals surface area contributed by atoms with Gasteiger partial charge in [0, 0.05) is 17.5 Å². The Bertz CT molecular complexity index is 519. The molecule has 0 saturated heterocycles. The third kappa shape index (κ3) is 2.09. The Morgan fingerprint density at radius 2 is 1.81 bits per heavy atom. The first-order chi connectivity index (χ1) is 7.60. The minimum absolute atomic E-state index is 0.780. The van der Waals surface area contributed by atoms with Crippen molar-refractivity contribution in [2.75, 3.05) is 6.26 Å². The minimum Gasteiger partial charge on any atom is -0.228 e. The molecule has 2 aromatic rings. The first kappa shape index (κ1) is 11.1.